The average Bonchev–Trinajstić information content (AvgIpc) is 3.02. The summed E-state index contributed by atoms with van der Waals surface area (Å²) in [4.78, 5) is 16.6. The van der Waals surface area contributed by atoms with E-state index in [4.69, 9.17) is 4.74 Å². The average molecular weight is 332 g/mol. The van der Waals surface area contributed by atoms with Crippen LogP contribution in [0.2, 0.25) is 0 Å². The second kappa shape index (κ2) is 7.53. The lowest BCUT2D eigenvalue weighted by atomic mass is 10.1. The van der Waals surface area contributed by atoms with Gasteiger partial charge in [-0.05, 0) is 56.4 Å². The van der Waals surface area contributed by atoms with Crippen molar-refractivity contribution >= 4 is 5.91 Å². The molecule has 0 aromatic heterocycles. The summed E-state index contributed by atoms with van der Waals surface area (Å²) in [5.41, 5.74) is 2.39. The lowest BCUT2D eigenvalue weighted by Crippen LogP contribution is -2.54. The van der Waals surface area contributed by atoms with Gasteiger partial charge in [0.1, 0.15) is 5.75 Å². The summed E-state index contributed by atoms with van der Waals surface area (Å²) in [6.45, 7) is 7.32. The molecule has 3 rings (SSSR count). The molecule has 24 heavy (non-hydrogen) atoms. The Labute approximate surface area is 144 Å². The molecule has 1 N–H and O–H groups in total. The minimum atomic E-state index is -0.194. The zero-order chi connectivity index (χ0) is 17.1. The van der Waals surface area contributed by atoms with Crippen molar-refractivity contribution in [2.24, 2.45) is 0 Å². The number of carbonyl (C=O) groups excluding carboxylic acids is 1. The van der Waals surface area contributed by atoms with Gasteiger partial charge in [-0.1, -0.05) is 6.07 Å². The number of carbonyl (C=O) groups is 1. The fraction of sp³-hybridized carbons (Fsp3) is 0.632. The summed E-state index contributed by atoms with van der Waals surface area (Å²) < 4.78 is 5.66. The quantitative estimate of drug-likeness (QED) is 0.912. The number of nitrogens with zero attached hydrogens (tertiary/aromatic N) is 2. The van der Waals surface area contributed by atoms with Gasteiger partial charge in [-0.15, -0.1) is 0 Å². The van der Waals surface area contributed by atoms with Crippen molar-refractivity contribution in [2.75, 3.05) is 32.8 Å². The lowest BCUT2D eigenvalue weighted by molar-refractivity contribution is -0.135. The number of piperazine rings is 1. The maximum Gasteiger partial charge on any atom is 0.260 e. The molecule has 5 nitrogen and oxygen atoms in total. The lowest BCUT2D eigenvalue weighted by Gasteiger charge is -2.39. The third kappa shape index (κ3) is 3.90. The van der Waals surface area contributed by atoms with E-state index in [1.54, 1.807) is 0 Å². The van der Waals surface area contributed by atoms with Gasteiger partial charge < -0.3 is 14.7 Å². The first-order valence-electron chi connectivity index (χ1n) is 8.94. The second-order valence-electron chi connectivity index (χ2n) is 7.02. The van der Waals surface area contributed by atoms with Crippen molar-refractivity contribution in [1.82, 2.24) is 9.80 Å². The zero-order valence-corrected chi connectivity index (χ0v) is 14.7. The van der Waals surface area contributed by atoms with E-state index in [0.717, 1.165) is 51.2 Å². The van der Waals surface area contributed by atoms with E-state index >= 15 is 0 Å². The minimum Gasteiger partial charge on any atom is -0.484 e. The van der Waals surface area contributed by atoms with Crippen molar-refractivity contribution < 1.29 is 14.6 Å². The molecule has 0 radical (unpaired) electrons. The van der Waals surface area contributed by atoms with Gasteiger partial charge >= 0.3 is 0 Å². The van der Waals surface area contributed by atoms with Crippen LogP contribution in [0.25, 0.3) is 0 Å². The summed E-state index contributed by atoms with van der Waals surface area (Å²) in [6, 6.07) is 6.19. The van der Waals surface area contributed by atoms with Crippen LogP contribution in [0.4, 0.5) is 0 Å². The highest BCUT2D eigenvalue weighted by atomic mass is 16.5. The number of aryl methyl sites for hydroxylation is 2. The van der Waals surface area contributed by atoms with E-state index < -0.39 is 0 Å². The van der Waals surface area contributed by atoms with Crippen molar-refractivity contribution in [3.63, 3.8) is 0 Å². The van der Waals surface area contributed by atoms with Crippen LogP contribution in [-0.2, 0) is 4.79 Å². The predicted octanol–water partition coefficient (Wildman–Crippen LogP) is 1.74. The highest BCUT2D eigenvalue weighted by molar-refractivity contribution is 5.77. The summed E-state index contributed by atoms with van der Waals surface area (Å²) in [5, 5.41) is 10.0. The molecule has 1 amide bonds. The van der Waals surface area contributed by atoms with E-state index in [-0.39, 0.29) is 24.7 Å². The molecule has 0 unspecified atom stereocenters. The van der Waals surface area contributed by atoms with Crippen LogP contribution in [0.15, 0.2) is 18.2 Å². The molecule has 0 spiro atoms. The molecule has 1 saturated heterocycles. The van der Waals surface area contributed by atoms with Crippen LogP contribution >= 0.6 is 0 Å². The van der Waals surface area contributed by atoms with Crippen LogP contribution in [0.1, 0.15) is 30.4 Å². The van der Waals surface area contributed by atoms with E-state index in [9.17, 15) is 9.90 Å². The zero-order valence-electron chi connectivity index (χ0n) is 14.7. The molecule has 1 heterocycles. The molecule has 132 valence electrons. The monoisotopic (exact) mass is 332 g/mol. The normalized spacial score (nSPS) is 25.0. The minimum absolute atomic E-state index is 0.0415. The fourth-order valence-corrected chi connectivity index (χ4v) is 3.69. The van der Waals surface area contributed by atoms with Gasteiger partial charge in [0.05, 0.1) is 6.10 Å². The first kappa shape index (κ1) is 17.2. The van der Waals surface area contributed by atoms with Gasteiger partial charge in [0.25, 0.3) is 5.91 Å². The Balaban J connectivity index is 1.45. The van der Waals surface area contributed by atoms with E-state index in [1.807, 2.05) is 30.0 Å². The predicted molar refractivity (Wildman–Crippen MR) is 93.2 cm³/mol. The molecule has 0 bridgehead atoms. The van der Waals surface area contributed by atoms with E-state index in [0.29, 0.717) is 0 Å². The van der Waals surface area contributed by atoms with Gasteiger partial charge in [-0.3, -0.25) is 9.69 Å². The number of rotatable bonds is 4. The van der Waals surface area contributed by atoms with Crippen molar-refractivity contribution in [3.05, 3.63) is 29.3 Å². The van der Waals surface area contributed by atoms with Crippen molar-refractivity contribution in [3.8, 4) is 5.75 Å². The van der Waals surface area contributed by atoms with E-state index in [1.165, 1.54) is 11.1 Å². The molecule has 1 aromatic carbocycles. The molecular weight excluding hydrogens is 304 g/mol. The smallest absolute Gasteiger partial charge is 0.260 e. The summed E-state index contributed by atoms with van der Waals surface area (Å²) in [5.74, 6) is 0.791. The third-order valence-corrected chi connectivity index (χ3v) is 5.42. The molecule has 2 atom stereocenters. The van der Waals surface area contributed by atoms with Gasteiger partial charge in [0.2, 0.25) is 0 Å². The number of hydrogen-bond acceptors (Lipinski definition) is 4. The van der Waals surface area contributed by atoms with Crippen LogP contribution < -0.4 is 4.74 Å². The molecule has 2 fully saturated rings. The number of hydrogen-bond donors (Lipinski definition) is 1. The number of benzene rings is 1. The van der Waals surface area contributed by atoms with Crippen molar-refractivity contribution in [1.29, 1.82) is 0 Å². The number of amides is 1. The molecule has 1 aliphatic carbocycles. The van der Waals surface area contributed by atoms with Gasteiger partial charge in [-0.2, -0.15) is 0 Å². The first-order chi connectivity index (χ1) is 11.5. The Bertz CT molecular complexity index is 582. The molecule has 5 heteroatoms. The Morgan fingerprint density at radius 3 is 2.54 bits per heavy atom. The number of aliphatic hydroxyl groups is 1. The highest BCUT2D eigenvalue weighted by Gasteiger charge is 2.33. The molecular formula is C19H28N2O3. The van der Waals surface area contributed by atoms with Crippen molar-refractivity contribution in [2.45, 2.75) is 45.3 Å². The molecule has 1 aromatic rings. The highest BCUT2D eigenvalue weighted by Crippen LogP contribution is 2.25. The Kier molecular flexibility index (Phi) is 5.41. The molecule has 2 aliphatic rings. The van der Waals surface area contributed by atoms with Gasteiger partial charge in [0, 0.05) is 32.2 Å². The van der Waals surface area contributed by atoms with Crippen LogP contribution in [-0.4, -0.2) is 65.7 Å². The number of ether oxygens (including phenoxy) is 1. The molecule has 1 saturated carbocycles. The Hall–Kier alpha value is -1.59. The standard InChI is InChI=1S/C19H28N2O3/c1-14-6-7-16(12-15(14)2)24-13-19(23)21-10-8-20(9-11-21)17-4-3-5-18(17)22/h6-7,12,17-18,22H,3-5,8-11,13H2,1-2H3/t17-,18-/m1/s1. The summed E-state index contributed by atoms with van der Waals surface area (Å²) in [6.07, 6.45) is 2.90. The maximum atomic E-state index is 12.3. The summed E-state index contributed by atoms with van der Waals surface area (Å²) in [7, 11) is 0. The maximum absolute atomic E-state index is 12.3. The van der Waals surface area contributed by atoms with Gasteiger partial charge in [0.15, 0.2) is 6.61 Å². The van der Waals surface area contributed by atoms with Crippen LogP contribution in [0.5, 0.6) is 5.75 Å². The largest absolute Gasteiger partial charge is 0.484 e. The Morgan fingerprint density at radius 1 is 1.17 bits per heavy atom. The Morgan fingerprint density at radius 2 is 1.92 bits per heavy atom. The second-order valence-corrected chi connectivity index (χ2v) is 7.02. The first-order valence-corrected chi connectivity index (χ1v) is 8.94. The summed E-state index contributed by atoms with van der Waals surface area (Å²) >= 11 is 0. The molecule has 1 aliphatic heterocycles. The van der Waals surface area contributed by atoms with Crippen LogP contribution in [0.3, 0.4) is 0 Å². The SMILES string of the molecule is Cc1ccc(OCC(=O)N2CCN([C@@H]3CCC[C@H]3O)CC2)cc1C. The number of aliphatic hydroxyl groups excluding tert-OH is 1. The van der Waals surface area contributed by atoms with Gasteiger partial charge in [-0.25, -0.2) is 0 Å². The van der Waals surface area contributed by atoms with E-state index in [2.05, 4.69) is 11.8 Å². The fourth-order valence-electron chi connectivity index (χ4n) is 3.69. The third-order valence-electron chi connectivity index (χ3n) is 5.42. The van der Waals surface area contributed by atoms with Crippen LogP contribution in [0, 0.1) is 13.8 Å². The topological polar surface area (TPSA) is 53.0 Å².